The molecule has 1 fully saturated rings. The molecule has 0 spiro atoms. The van der Waals surface area contributed by atoms with Gasteiger partial charge in [-0.2, -0.15) is 0 Å². The molecule has 2 aromatic rings. The first-order valence-corrected chi connectivity index (χ1v) is 17.1. The number of carboxylic acids is 1. The summed E-state index contributed by atoms with van der Waals surface area (Å²) in [7, 11) is 0. The van der Waals surface area contributed by atoms with Crippen LogP contribution in [-0.4, -0.2) is 108 Å². The number of benzene rings is 2. The Bertz CT molecular complexity index is 1350. The van der Waals surface area contributed by atoms with Gasteiger partial charge in [0.2, 0.25) is 23.6 Å². The third-order valence-corrected chi connectivity index (χ3v) is 8.50. The molecule has 1 aliphatic heterocycles. The molecule has 0 aromatic heterocycles. The van der Waals surface area contributed by atoms with Crippen LogP contribution < -0.4 is 27.4 Å². The summed E-state index contributed by atoms with van der Waals surface area (Å²) in [6.07, 6.45) is 2.42. The Morgan fingerprint density at radius 2 is 1.27 bits per heavy atom. The minimum atomic E-state index is -1.01. The van der Waals surface area contributed by atoms with Crippen LogP contribution in [0.4, 0.5) is 0 Å². The van der Waals surface area contributed by atoms with Crippen molar-refractivity contribution >= 4 is 29.6 Å². The highest BCUT2D eigenvalue weighted by Crippen LogP contribution is 2.13. The van der Waals surface area contributed by atoms with Crippen LogP contribution in [0.3, 0.4) is 0 Å². The number of hydrogen-bond acceptors (Lipinski definition) is 8. The molecule has 4 amide bonds. The molecule has 1 saturated heterocycles. The van der Waals surface area contributed by atoms with Crippen LogP contribution in [0.15, 0.2) is 60.7 Å². The zero-order valence-electron chi connectivity index (χ0n) is 28.7. The molecule has 0 unspecified atom stereocenters. The number of piperazine rings is 1. The molecular formula is C36H53N7O6. The van der Waals surface area contributed by atoms with E-state index >= 15 is 0 Å². The van der Waals surface area contributed by atoms with Gasteiger partial charge in [-0.05, 0) is 55.7 Å². The van der Waals surface area contributed by atoms with Crippen LogP contribution >= 0.6 is 0 Å². The third-order valence-electron chi connectivity index (χ3n) is 8.50. The maximum atomic E-state index is 13.9. The average molecular weight is 680 g/mol. The smallest absolute Gasteiger partial charge is 0.317 e. The molecule has 3 rings (SSSR count). The lowest BCUT2D eigenvalue weighted by Crippen LogP contribution is -2.59. The molecule has 0 aliphatic carbocycles. The first-order chi connectivity index (χ1) is 23.5. The van der Waals surface area contributed by atoms with Crippen molar-refractivity contribution in [2.24, 2.45) is 17.4 Å². The zero-order valence-corrected chi connectivity index (χ0v) is 28.7. The summed E-state index contributed by atoms with van der Waals surface area (Å²) >= 11 is 0. The molecule has 1 aliphatic rings. The minimum Gasteiger partial charge on any atom is -0.480 e. The molecule has 0 radical (unpaired) electrons. The first kappa shape index (κ1) is 39.1. The lowest BCUT2D eigenvalue weighted by molar-refractivity contribution is -0.141. The average Bonchev–Trinajstić information content (AvgIpc) is 3.07. The summed E-state index contributed by atoms with van der Waals surface area (Å²) in [5.74, 6) is -2.68. The van der Waals surface area contributed by atoms with E-state index in [2.05, 4.69) is 16.0 Å². The number of nitrogens with zero attached hydrogens (tertiary/aromatic N) is 2. The number of hydrogen-bond donors (Lipinski definition) is 6. The minimum absolute atomic E-state index is 0.0196. The number of unbranched alkanes of at least 4 members (excludes halogenated alkanes) is 1. The van der Waals surface area contributed by atoms with E-state index in [0.717, 1.165) is 11.1 Å². The Labute approximate surface area is 289 Å². The van der Waals surface area contributed by atoms with Crippen molar-refractivity contribution in [1.82, 2.24) is 25.8 Å². The van der Waals surface area contributed by atoms with Crippen molar-refractivity contribution in [3.8, 4) is 0 Å². The Hall–Kier alpha value is -4.33. The number of nitrogens with one attached hydrogen (secondary N) is 3. The van der Waals surface area contributed by atoms with Crippen molar-refractivity contribution in [3.05, 3.63) is 71.8 Å². The van der Waals surface area contributed by atoms with Gasteiger partial charge in [0, 0.05) is 32.6 Å². The van der Waals surface area contributed by atoms with Gasteiger partial charge in [-0.1, -0.05) is 74.5 Å². The van der Waals surface area contributed by atoms with Gasteiger partial charge in [0.15, 0.2) is 0 Å². The maximum absolute atomic E-state index is 13.9. The molecule has 0 saturated carbocycles. The molecular weight excluding hydrogens is 626 g/mol. The summed E-state index contributed by atoms with van der Waals surface area (Å²) in [6, 6.07) is 14.9. The summed E-state index contributed by atoms with van der Waals surface area (Å²) in [5.41, 5.74) is 13.7. The van der Waals surface area contributed by atoms with Crippen LogP contribution in [0.25, 0.3) is 0 Å². The molecule has 8 N–H and O–H groups in total. The van der Waals surface area contributed by atoms with E-state index in [1.807, 2.05) is 74.5 Å². The van der Waals surface area contributed by atoms with Crippen molar-refractivity contribution in [3.63, 3.8) is 0 Å². The Morgan fingerprint density at radius 3 is 1.82 bits per heavy atom. The van der Waals surface area contributed by atoms with Crippen molar-refractivity contribution in [1.29, 1.82) is 0 Å². The van der Waals surface area contributed by atoms with Crippen LogP contribution in [0.1, 0.15) is 50.7 Å². The van der Waals surface area contributed by atoms with E-state index in [1.54, 1.807) is 9.80 Å². The van der Waals surface area contributed by atoms with Gasteiger partial charge in [0.05, 0.1) is 12.6 Å². The van der Waals surface area contributed by atoms with Crippen molar-refractivity contribution in [2.75, 3.05) is 39.3 Å². The van der Waals surface area contributed by atoms with E-state index in [1.165, 1.54) is 0 Å². The number of rotatable bonds is 19. The van der Waals surface area contributed by atoms with Gasteiger partial charge in [-0.15, -0.1) is 0 Å². The van der Waals surface area contributed by atoms with E-state index in [9.17, 15) is 24.0 Å². The molecule has 268 valence electrons. The van der Waals surface area contributed by atoms with Crippen LogP contribution in [-0.2, 0) is 36.8 Å². The second kappa shape index (κ2) is 20.2. The number of nitrogens with two attached hydrogens (primary N) is 2. The molecule has 1 heterocycles. The van der Waals surface area contributed by atoms with Gasteiger partial charge in [0.1, 0.15) is 18.1 Å². The highest BCUT2D eigenvalue weighted by atomic mass is 16.4. The second-order valence-corrected chi connectivity index (χ2v) is 13.1. The lowest BCUT2D eigenvalue weighted by atomic mass is 9.99. The predicted octanol–water partition coefficient (Wildman–Crippen LogP) is 0.657. The van der Waals surface area contributed by atoms with Crippen LogP contribution in [0, 0.1) is 5.92 Å². The summed E-state index contributed by atoms with van der Waals surface area (Å²) < 4.78 is 0. The number of carboxylic acid groups (broad SMARTS) is 1. The predicted molar refractivity (Wildman–Crippen MR) is 187 cm³/mol. The first-order valence-electron chi connectivity index (χ1n) is 17.1. The summed E-state index contributed by atoms with van der Waals surface area (Å²) in [5, 5.41) is 17.7. The number of carbonyl (C=O) groups excluding carboxylic acids is 4. The van der Waals surface area contributed by atoms with E-state index in [-0.39, 0.29) is 24.8 Å². The van der Waals surface area contributed by atoms with E-state index in [0.29, 0.717) is 64.8 Å². The molecule has 4 atom stereocenters. The topological polar surface area (TPSA) is 200 Å². The number of amides is 4. The molecule has 13 nitrogen and oxygen atoms in total. The van der Waals surface area contributed by atoms with Gasteiger partial charge in [0.25, 0.3) is 0 Å². The van der Waals surface area contributed by atoms with Crippen LogP contribution in [0.5, 0.6) is 0 Å². The fourth-order valence-electron chi connectivity index (χ4n) is 5.83. The quantitative estimate of drug-likeness (QED) is 0.115. The fraction of sp³-hybridized carbons (Fsp3) is 0.528. The summed E-state index contributed by atoms with van der Waals surface area (Å²) in [6.45, 7) is 5.72. The standard InChI is InChI=1S/C36H53N7O6/c1-25(2)21-30(34(47)39-29(15-9-10-16-37)36(49)43-19-17-42(18-20-43)24-32(44)45)41-35(48)31(23-27-13-7-4-8-14-27)40-33(46)28(38)22-26-11-5-3-6-12-26/h3-8,11-14,25,28-31H,9-10,15-24,37-38H2,1-2H3,(H,39,47)(H,40,46)(H,41,48)(H,44,45)/t28-,29-,30-,31-/m1/s1. The zero-order chi connectivity index (χ0) is 35.8. The Balaban J connectivity index is 1.75. The SMILES string of the molecule is CC(C)C[C@@H](NC(=O)[C@@H](Cc1ccccc1)NC(=O)[C@H](N)Cc1ccccc1)C(=O)N[C@H](CCCCN)C(=O)N1CCN(CC(=O)O)CC1. The van der Waals surface area contributed by atoms with Crippen LogP contribution in [0.2, 0.25) is 0 Å². The van der Waals surface area contributed by atoms with Gasteiger partial charge in [-0.3, -0.25) is 28.9 Å². The van der Waals surface area contributed by atoms with Gasteiger partial charge >= 0.3 is 5.97 Å². The summed E-state index contributed by atoms with van der Waals surface area (Å²) in [4.78, 5) is 69.1. The van der Waals surface area contributed by atoms with Crippen molar-refractivity contribution < 1.29 is 29.1 Å². The normalized spacial score (nSPS) is 15.9. The fourth-order valence-corrected chi connectivity index (χ4v) is 5.83. The Morgan fingerprint density at radius 1 is 0.735 bits per heavy atom. The highest BCUT2D eigenvalue weighted by Gasteiger charge is 2.33. The maximum Gasteiger partial charge on any atom is 0.317 e. The molecule has 49 heavy (non-hydrogen) atoms. The number of carbonyl (C=O) groups is 5. The molecule has 2 aromatic carbocycles. The monoisotopic (exact) mass is 679 g/mol. The largest absolute Gasteiger partial charge is 0.480 e. The van der Waals surface area contributed by atoms with E-state index < -0.39 is 47.9 Å². The Kier molecular flexibility index (Phi) is 16.2. The lowest BCUT2D eigenvalue weighted by Gasteiger charge is -2.36. The van der Waals surface area contributed by atoms with Crippen molar-refractivity contribution in [2.45, 2.75) is 76.5 Å². The molecule has 0 bridgehead atoms. The van der Waals surface area contributed by atoms with Gasteiger partial charge < -0.3 is 37.4 Å². The highest BCUT2D eigenvalue weighted by molar-refractivity contribution is 5.95. The van der Waals surface area contributed by atoms with E-state index in [4.69, 9.17) is 16.6 Å². The van der Waals surface area contributed by atoms with Gasteiger partial charge in [-0.25, -0.2) is 0 Å². The molecule has 13 heteroatoms. The number of aliphatic carboxylic acids is 1. The third kappa shape index (κ3) is 13.6. The second-order valence-electron chi connectivity index (χ2n) is 13.1.